The molecule has 5 atom stereocenters. The molecule has 33 nitrogen and oxygen atoms in total. The number of carbonyl (C=O) groups excluding carboxylic acids is 12. The molecule has 0 bridgehead atoms. The van der Waals surface area contributed by atoms with Gasteiger partial charge in [0.15, 0.2) is 5.96 Å². The van der Waals surface area contributed by atoms with Crippen LogP contribution in [0.25, 0.3) is 0 Å². The lowest BCUT2D eigenvalue weighted by Crippen LogP contribution is -2.50. The van der Waals surface area contributed by atoms with E-state index < -0.39 is 95.2 Å². The number of amides is 12. The monoisotopic (exact) mass is 1430 g/mol. The van der Waals surface area contributed by atoms with Gasteiger partial charge in [0.2, 0.25) is 70.9 Å². The maximum absolute atomic E-state index is 14.1. The maximum atomic E-state index is 14.1. The average Bonchev–Trinajstić information content (AvgIpc) is 0.940. The molecule has 33 heteroatoms. The molecular formula is C69H111N21O12. The number of primary amides is 1. The van der Waals surface area contributed by atoms with E-state index in [1.165, 1.54) is 31.4 Å². The van der Waals surface area contributed by atoms with E-state index in [2.05, 4.69) is 36.9 Å². The number of nitrogens with zero attached hydrogens (tertiary/aromatic N) is 6. The first kappa shape index (κ1) is 86.6. The topological polar surface area (TPSA) is 540 Å². The first-order valence-corrected chi connectivity index (χ1v) is 34.7. The smallest absolute Gasteiger partial charge is 0.239 e. The third-order valence-electron chi connectivity index (χ3n) is 16.3. The summed E-state index contributed by atoms with van der Waals surface area (Å²) in [5, 5.41) is 16.3. The van der Waals surface area contributed by atoms with Crippen LogP contribution in [0.2, 0.25) is 0 Å². The standard InChI is InChI=1S/C69H111N21O12/c1-49(91)79-31-41-88(66(100)55(73)46-50-14-5-2-6-15-50)39-26-62(96)81-32-42-86(64(98)53(71)20-11-12-28-70)36-24-60(94)84-35-45-90(68(102)57(75)48-52-18-9-4-10-19-52)40-27-63(97)82-33-43-87(65(99)54(72)21-13-29-85-69(77)78)37-25-61(95)83-34-44-89(38-23-59(93)80-30-22-58(76)92)67(101)56(74)47-51-16-7-3-8-17-51/h2-10,14-19,53-57H,11-13,20-48,70-75H2,1H3,(H2,76,92)(H,79,91)(H,80,93)(H,81,96)(H,82,97)(H,83,95)(H,84,94)(H4,77,78,85)/t53-,54-,55-,56-,57-/m0/s1. The highest BCUT2D eigenvalue weighted by Crippen LogP contribution is 2.11. The highest BCUT2D eigenvalue weighted by molar-refractivity contribution is 5.87. The van der Waals surface area contributed by atoms with E-state index in [4.69, 9.17) is 51.6 Å². The van der Waals surface area contributed by atoms with E-state index in [0.29, 0.717) is 32.2 Å². The normalized spacial score (nSPS) is 12.3. The van der Waals surface area contributed by atoms with Crippen LogP contribution in [0.5, 0.6) is 0 Å². The Labute approximate surface area is 597 Å². The summed E-state index contributed by atoms with van der Waals surface area (Å²) in [6.07, 6.45) is 1.74. The van der Waals surface area contributed by atoms with Gasteiger partial charge in [0.25, 0.3) is 0 Å². The molecule has 0 aliphatic carbocycles. The number of aliphatic imine (C=N–C) groups is 1. The van der Waals surface area contributed by atoms with Gasteiger partial charge in [-0.3, -0.25) is 62.5 Å². The molecular weight excluding hydrogens is 1310 g/mol. The van der Waals surface area contributed by atoms with Gasteiger partial charge in [-0.1, -0.05) is 97.4 Å². The van der Waals surface area contributed by atoms with Crippen molar-refractivity contribution in [3.63, 3.8) is 0 Å². The second-order valence-corrected chi connectivity index (χ2v) is 24.7. The van der Waals surface area contributed by atoms with Crippen LogP contribution in [0.1, 0.15) is 94.2 Å². The molecule has 564 valence electrons. The molecule has 0 saturated carbocycles. The van der Waals surface area contributed by atoms with Gasteiger partial charge in [-0.2, -0.15) is 0 Å². The second kappa shape index (κ2) is 49.8. The molecule has 0 heterocycles. The van der Waals surface area contributed by atoms with Gasteiger partial charge < -0.3 is 108 Å². The summed E-state index contributed by atoms with van der Waals surface area (Å²) in [4.78, 5) is 169. The summed E-state index contributed by atoms with van der Waals surface area (Å²) in [5.74, 6) is -5.71. The minimum Gasteiger partial charge on any atom is -0.370 e. The van der Waals surface area contributed by atoms with E-state index in [1.807, 2.05) is 78.9 Å². The molecule has 0 spiro atoms. The van der Waals surface area contributed by atoms with Crippen molar-refractivity contribution in [2.24, 2.45) is 56.6 Å². The first-order chi connectivity index (χ1) is 48.8. The molecule has 0 unspecified atom stereocenters. The lowest BCUT2D eigenvalue weighted by atomic mass is 10.1. The molecule has 0 aromatic heterocycles. The summed E-state index contributed by atoms with van der Waals surface area (Å²) in [6.45, 7) is 1.34. The Morgan fingerprint density at radius 3 is 0.902 bits per heavy atom. The summed E-state index contributed by atoms with van der Waals surface area (Å²) >= 11 is 0. The van der Waals surface area contributed by atoms with Crippen molar-refractivity contribution < 1.29 is 57.5 Å². The Morgan fingerprint density at radius 2 is 0.627 bits per heavy atom. The van der Waals surface area contributed by atoms with Crippen molar-refractivity contribution in [3.8, 4) is 0 Å². The minimum atomic E-state index is -1.04. The SMILES string of the molecule is CC(=O)NCCN(CCC(=O)NCCN(CCC(=O)NCCN(CCC(=O)NCCN(CCC(=O)NCCN(CCC(=O)NCCC(N)=O)C(=O)[C@@H](N)Cc1ccccc1)C(=O)[C@@H](N)CCCN=C(N)N)C(=O)[C@@H](N)Cc1ccccc1)C(=O)[C@@H](N)CCCCN)C(=O)[C@@H](N)Cc1ccccc1. The predicted molar refractivity (Wildman–Crippen MR) is 387 cm³/mol. The molecule has 3 rings (SSSR count). The van der Waals surface area contributed by atoms with E-state index in [1.54, 1.807) is 12.1 Å². The molecule has 0 fully saturated rings. The number of unbranched alkanes of at least 4 members (excludes halogenated alkanes) is 1. The maximum Gasteiger partial charge on any atom is 0.239 e. The lowest BCUT2D eigenvalue weighted by molar-refractivity contribution is -0.135. The van der Waals surface area contributed by atoms with Gasteiger partial charge in [0.05, 0.1) is 30.2 Å². The lowest BCUT2D eigenvalue weighted by Gasteiger charge is -2.27. The number of nitrogens with one attached hydrogen (secondary N) is 6. The zero-order valence-electron chi connectivity index (χ0n) is 59.0. The van der Waals surface area contributed by atoms with Crippen molar-refractivity contribution in [1.82, 2.24) is 56.4 Å². The summed E-state index contributed by atoms with van der Waals surface area (Å²) < 4.78 is 0. The highest BCUT2D eigenvalue weighted by atomic mass is 16.2. The Kier molecular flexibility index (Phi) is 42.3. The van der Waals surface area contributed by atoms with Gasteiger partial charge in [-0.15, -0.1) is 0 Å². The molecule has 0 saturated heterocycles. The summed E-state index contributed by atoms with van der Waals surface area (Å²) in [5.41, 5.74) is 56.1. The fourth-order valence-electron chi connectivity index (χ4n) is 10.6. The largest absolute Gasteiger partial charge is 0.370 e. The summed E-state index contributed by atoms with van der Waals surface area (Å²) in [7, 11) is 0. The van der Waals surface area contributed by atoms with E-state index >= 15 is 0 Å². The van der Waals surface area contributed by atoms with Crippen molar-refractivity contribution in [1.29, 1.82) is 0 Å². The number of guanidine groups is 1. The van der Waals surface area contributed by atoms with Crippen LogP contribution in [-0.4, -0.2) is 249 Å². The van der Waals surface area contributed by atoms with Gasteiger partial charge in [0, 0.05) is 157 Å². The van der Waals surface area contributed by atoms with Crippen LogP contribution < -0.4 is 83.5 Å². The van der Waals surface area contributed by atoms with Crippen LogP contribution in [0, 0.1) is 0 Å². The Hall–Kier alpha value is -9.67. The van der Waals surface area contributed by atoms with Gasteiger partial charge in [-0.25, -0.2) is 0 Å². The van der Waals surface area contributed by atoms with Gasteiger partial charge in [-0.05, 0) is 68.2 Å². The number of hydrogen-bond donors (Lipinski definition) is 15. The average molecular weight is 1430 g/mol. The third-order valence-corrected chi connectivity index (χ3v) is 16.3. The molecule has 0 aliphatic heterocycles. The van der Waals surface area contributed by atoms with Crippen molar-refractivity contribution in [3.05, 3.63) is 108 Å². The summed E-state index contributed by atoms with van der Waals surface area (Å²) in [6, 6.07) is 22.5. The molecule has 3 aromatic rings. The van der Waals surface area contributed by atoms with Gasteiger partial charge >= 0.3 is 0 Å². The first-order valence-electron chi connectivity index (χ1n) is 34.7. The number of nitrogens with two attached hydrogens (primary N) is 9. The van der Waals surface area contributed by atoms with E-state index in [0.717, 1.165) is 16.7 Å². The molecule has 12 amide bonds. The predicted octanol–water partition coefficient (Wildman–Crippen LogP) is -4.78. The van der Waals surface area contributed by atoms with E-state index in [-0.39, 0.29) is 187 Å². The van der Waals surface area contributed by atoms with Gasteiger partial charge in [0.1, 0.15) is 0 Å². The number of hydrogen-bond acceptors (Lipinski definition) is 19. The van der Waals surface area contributed by atoms with Crippen LogP contribution in [0.4, 0.5) is 0 Å². The number of rotatable bonds is 52. The molecule has 102 heavy (non-hydrogen) atoms. The Morgan fingerprint density at radius 1 is 0.353 bits per heavy atom. The van der Waals surface area contributed by atoms with Crippen LogP contribution in [0.3, 0.4) is 0 Å². The fourth-order valence-corrected chi connectivity index (χ4v) is 10.6. The highest BCUT2D eigenvalue weighted by Gasteiger charge is 2.28. The molecule has 0 aliphatic rings. The number of benzene rings is 3. The quantitative estimate of drug-likeness (QED) is 0.0143. The van der Waals surface area contributed by atoms with Crippen LogP contribution >= 0.6 is 0 Å². The zero-order chi connectivity index (χ0) is 75.2. The van der Waals surface area contributed by atoms with Crippen molar-refractivity contribution in [2.45, 2.75) is 127 Å². The fraction of sp³-hybridized carbons (Fsp3) is 0.551. The molecule has 0 radical (unpaired) electrons. The minimum absolute atomic E-state index is 0.00701. The Balaban J connectivity index is 1.68. The Bertz CT molecular complexity index is 3110. The second-order valence-electron chi connectivity index (χ2n) is 24.7. The van der Waals surface area contributed by atoms with Crippen molar-refractivity contribution in [2.75, 3.05) is 118 Å². The molecule has 24 N–H and O–H groups in total. The molecule has 3 aromatic carbocycles. The van der Waals surface area contributed by atoms with E-state index in [9.17, 15) is 57.5 Å². The number of carbonyl (C=O) groups is 12. The van der Waals surface area contributed by atoms with Crippen LogP contribution in [0.15, 0.2) is 96.0 Å². The van der Waals surface area contributed by atoms with Crippen LogP contribution in [-0.2, 0) is 76.8 Å². The third kappa shape index (κ3) is 37.1. The zero-order valence-corrected chi connectivity index (χ0v) is 59.0. The van der Waals surface area contributed by atoms with Crippen molar-refractivity contribution >= 4 is 76.8 Å².